The second-order valence-electron chi connectivity index (χ2n) is 5.78. The van der Waals surface area contributed by atoms with Gasteiger partial charge in [-0.1, -0.05) is 24.6 Å². The van der Waals surface area contributed by atoms with Gasteiger partial charge < -0.3 is 10.4 Å². The number of nitrogens with one attached hydrogen (secondary N) is 1. The van der Waals surface area contributed by atoms with Gasteiger partial charge in [-0.15, -0.1) is 18.3 Å². The number of rotatable bonds is 8. The first-order valence-electron chi connectivity index (χ1n) is 8.22. The van der Waals surface area contributed by atoms with Crippen molar-refractivity contribution in [2.45, 2.75) is 36.6 Å². The molecule has 1 fully saturated rings. The van der Waals surface area contributed by atoms with Gasteiger partial charge in [0.2, 0.25) is 5.91 Å². The van der Waals surface area contributed by atoms with Crippen LogP contribution in [0.1, 0.15) is 25.7 Å². The molecule has 1 aromatic rings. The number of aliphatic hydroxyl groups is 1. The highest BCUT2D eigenvalue weighted by Gasteiger charge is 2.23. The van der Waals surface area contributed by atoms with E-state index in [1.54, 1.807) is 11.8 Å². The second-order valence-corrected chi connectivity index (χ2v) is 6.84. The molecule has 1 aromatic carbocycles. The van der Waals surface area contributed by atoms with Crippen molar-refractivity contribution < 1.29 is 9.90 Å². The number of nitrogens with zero attached hydrogens (tertiary/aromatic N) is 1. The number of hydrogen-bond acceptors (Lipinski definition) is 4. The van der Waals surface area contributed by atoms with E-state index in [9.17, 15) is 9.90 Å². The second kappa shape index (κ2) is 9.75. The molecular weight excluding hydrogens is 308 g/mol. The monoisotopic (exact) mass is 334 g/mol. The van der Waals surface area contributed by atoms with Crippen molar-refractivity contribution in [1.82, 2.24) is 4.90 Å². The van der Waals surface area contributed by atoms with Crippen LogP contribution in [0.15, 0.2) is 41.8 Å². The molecule has 1 unspecified atom stereocenters. The van der Waals surface area contributed by atoms with E-state index in [-0.39, 0.29) is 12.5 Å². The van der Waals surface area contributed by atoms with Crippen LogP contribution in [0.25, 0.3) is 0 Å². The number of amides is 1. The number of piperidine rings is 1. The van der Waals surface area contributed by atoms with Crippen LogP contribution in [0.5, 0.6) is 0 Å². The van der Waals surface area contributed by atoms with E-state index in [4.69, 9.17) is 0 Å². The Hall–Kier alpha value is -1.30. The summed E-state index contributed by atoms with van der Waals surface area (Å²) >= 11 is 1.66. The maximum atomic E-state index is 12.4. The highest BCUT2D eigenvalue weighted by molar-refractivity contribution is 7.99. The molecule has 0 aromatic heterocycles. The van der Waals surface area contributed by atoms with Crippen molar-refractivity contribution in [2.24, 2.45) is 0 Å². The van der Waals surface area contributed by atoms with E-state index >= 15 is 0 Å². The van der Waals surface area contributed by atoms with Gasteiger partial charge in [0.25, 0.3) is 0 Å². The minimum atomic E-state index is 0.0153. The Morgan fingerprint density at radius 1 is 1.43 bits per heavy atom. The van der Waals surface area contributed by atoms with Crippen LogP contribution in [0, 0.1) is 0 Å². The summed E-state index contributed by atoms with van der Waals surface area (Å²) in [6.07, 6.45) is 5.99. The van der Waals surface area contributed by atoms with Crippen LogP contribution in [0.4, 0.5) is 5.69 Å². The normalized spacial score (nSPS) is 18.6. The molecule has 1 saturated heterocycles. The van der Waals surface area contributed by atoms with Gasteiger partial charge in [0.05, 0.1) is 12.2 Å². The zero-order valence-electron chi connectivity index (χ0n) is 13.5. The molecule has 5 heteroatoms. The van der Waals surface area contributed by atoms with Crippen molar-refractivity contribution in [3.63, 3.8) is 0 Å². The van der Waals surface area contributed by atoms with Crippen molar-refractivity contribution in [3.05, 3.63) is 36.9 Å². The van der Waals surface area contributed by atoms with Gasteiger partial charge in [0, 0.05) is 23.3 Å². The molecule has 1 heterocycles. The minimum Gasteiger partial charge on any atom is -0.396 e. The first-order chi connectivity index (χ1) is 11.2. The number of anilines is 1. The van der Waals surface area contributed by atoms with Gasteiger partial charge in [-0.3, -0.25) is 9.69 Å². The summed E-state index contributed by atoms with van der Waals surface area (Å²) in [4.78, 5) is 15.7. The summed E-state index contributed by atoms with van der Waals surface area (Å²) in [5, 5.41) is 12.2. The Labute approximate surface area is 143 Å². The predicted octanol–water partition coefficient (Wildman–Crippen LogP) is 3.14. The number of para-hydroxylation sites is 1. The SMILES string of the molecule is C=CCSc1ccccc1NC(=O)CN1CCCCC1CCO. The van der Waals surface area contributed by atoms with Gasteiger partial charge in [0.15, 0.2) is 0 Å². The van der Waals surface area contributed by atoms with E-state index in [1.807, 2.05) is 30.3 Å². The zero-order valence-corrected chi connectivity index (χ0v) is 14.4. The molecule has 1 amide bonds. The Bertz CT molecular complexity index is 519. The Balaban J connectivity index is 1.94. The average molecular weight is 334 g/mol. The molecule has 126 valence electrons. The van der Waals surface area contributed by atoms with Crippen molar-refractivity contribution >= 4 is 23.4 Å². The largest absolute Gasteiger partial charge is 0.396 e. The summed E-state index contributed by atoms with van der Waals surface area (Å²) < 4.78 is 0. The molecule has 0 saturated carbocycles. The lowest BCUT2D eigenvalue weighted by Crippen LogP contribution is -2.44. The Morgan fingerprint density at radius 3 is 3.04 bits per heavy atom. The number of hydrogen-bond donors (Lipinski definition) is 2. The summed E-state index contributed by atoms with van der Waals surface area (Å²) in [5.74, 6) is 0.832. The van der Waals surface area contributed by atoms with Gasteiger partial charge in [-0.25, -0.2) is 0 Å². The fourth-order valence-electron chi connectivity index (χ4n) is 2.96. The fraction of sp³-hybridized carbons (Fsp3) is 0.500. The molecule has 2 N–H and O–H groups in total. The van der Waals surface area contributed by atoms with Crippen LogP contribution in [-0.4, -0.2) is 47.4 Å². The summed E-state index contributed by atoms with van der Waals surface area (Å²) in [7, 11) is 0. The topological polar surface area (TPSA) is 52.6 Å². The molecule has 0 radical (unpaired) electrons. The van der Waals surface area contributed by atoms with E-state index < -0.39 is 0 Å². The van der Waals surface area contributed by atoms with Crippen LogP contribution < -0.4 is 5.32 Å². The Kier molecular flexibility index (Phi) is 7.65. The fourth-order valence-corrected chi connectivity index (χ4v) is 3.71. The number of carbonyl (C=O) groups excluding carboxylic acids is 1. The Morgan fingerprint density at radius 2 is 2.26 bits per heavy atom. The molecule has 0 aliphatic carbocycles. The van der Waals surface area contributed by atoms with E-state index in [2.05, 4.69) is 16.8 Å². The first-order valence-corrected chi connectivity index (χ1v) is 9.20. The molecule has 1 atom stereocenters. The minimum absolute atomic E-state index is 0.0153. The third kappa shape index (κ3) is 5.68. The van der Waals surface area contributed by atoms with E-state index in [1.165, 1.54) is 6.42 Å². The number of carbonyl (C=O) groups is 1. The molecule has 0 bridgehead atoms. The molecular formula is C18H26N2O2S. The highest BCUT2D eigenvalue weighted by Crippen LogP contribution is 2.27. The predicted molar refractivity (Wildman–Crippen MR) is 96.9 cm³/mol. The zero-order chi connectivity index (χ0) is 16.5. The highest BCUT2D eigenvalue weighted by atomic mass is 32.2. The van der Waals surface area contributed by atoms with Crippen molar-refractivity contribution in [2.75, 3.05) is 30.8 Å². The van der Waals surface area contributed by atoms with Gasteiger partial charge in [0.1, 0.15) is 0 Å². The van der Waals surface area contributed by atoms with Crippen molar-refractivity contribution in [3.8, 4) is 0 Å². The van der Waals surface area contributed by atoms with E-state index in [0.29, 0.717) is 12.6 Å². The lowest BCUT2D eigenvalue weighted by atomic mass is 10.00. The third-order valence-corrected chi connectivity index (χ3v) is 5.15. The third-order valence-electron chi connectivity index (χ3n) is 4.08. The lowest BCUT2D eigenvalue weighted by molar-refractivity contribution is -0.118. The molecule has 23 heavy (non-hydrogen) atoms. The molecule has 1 aliphatic heterocycles. The summed E-state index contributed by atoms with van der Waals surface area (Å²) in [6.45, 7) is 5.25. The summed E-state index contributed by atoms with van der Waals surface area (Å²) in [6, 6.07) is 8.18. The van der Waals surface area contributed by atoms with Gasteiger partial charge >= 0.3 is 0 Å². The molecule has 4 nitrogen and oxygen atoms in total. The lowest BCUT2D eigenvalue weighted by Gasteiger charge is -2.34. The maximum Gasteiger partial charge on any atom is 0.238 e. The average Bonchev–Trinajstić information content (AvgIpc) is 2.56. The smallest absolute Gasteiger partial charge is 0.238 e. The van der Waals surface area contributed by atoms with Crippen LogP contribution in [0.2, 0.25) is 0 Å². The summed E-state index contributed by atoms with van der Waals surface area (Å²) in [5.41, 5.74) is 0.861. The number of thioether (sulfide) groups is 1. The number of aliphatic hydroxyl groups excluding tert-OH is 1. The molecule has 2 rings (SSSR count). The van der Waals surface area contributed by atoms with Crippen LogP contribution >= 0.6 is 11.8 Å². The maximum absolute atomic E-state index is 12.4. The number of likely N-dealkylation sites (tertiary alicyclic amines) is 1. The molecule has 0 spiro atoms. The molecule has 1 aliphatic rings. The first kappa shape index (κ1) is 18.0. The van der Waals surface area contributed by atoms with Gasteiger partial charge in [-0.2, -0.15) is 0 Å². The van der Waals surface area contributed by atoms with Gasteiger partial charge in [-0.05, 0) is 37.9 Å². The van der Waals surface area contributed by atoms with Crippen molar-refractivity contribution in [1.29, 1.82) is 0 Å². The van der Waals surface area contributed by atoms with Crippen LogP contribution in [0.3, 0.4) is 0 Å². The quantitative estimate of drug-likeness (QED) is 0.566. The number of benzene rings is 1. The standard InChI is InChI=1S/C18H26N2O2S/c1-2-13-23-17-9-4-3-8-16(17)19-18(22)14-20-11-6-5-7-15(20)10-12-21/h2-4,8-9,15,21H,1,5-7,10-14H2,(H,19,22). The van der Waals surface area contributed by atoms with E-state index in [0.717, 1.165) is 42.1 Å². The van der Waals surface area contributed by atoms with Crippen LogP contribution in [-0.2, 0) is 4.79 Å².